The van der Waals surface area contributed by atoms with E-state index >= 15 is 0 Å². The summed E-state index contributed by atoms with van der Waals surface area (Å²) in [7, 11) is 1.30. The maximum atomic E-state index is 11.3. The third kappa shape index (κ3) is 1.77. The van der Waals surface area contributed by atoms with E-state index in [0.717, 1.165) is 5.52 Å². The molecule has 0 aliphatic carbocycles. The van der Waals surface area contributed by atoms with Crippen LogP contribution in [-0.2, 0) is 9.53 Å². The monoisotopic (exact) mass is 220 g/mol. The first-order valence-electron chi connectivity index (χ1n) is 4.82. The molecule has 0 fully saturated rings. The van der Waals surface area contributed by atoms with Gasteiger partial charge in [0.25, 0.3) is 0 Å². The topological polar surface area (TPSA) is 78.4 Å². The molecule has 84 valence electrons. The number of nitrogens with two attached hydrogens (primary N) is 1. The lowest BCUT2D eigenvalue weighted by atomic mass is 10.1. The Labute approximate surface area is 92.2 Å². The van der Waals surface area contributed by atoms with Gasteiger partial charge in [0.2, 0.25) is 0 Å². The van der Waals surface area contributed by atoms with Crippen LogP contribution in [0.5, 0.6) is 0 Å². The third-order valence-electron chi connectivity index (χ3n) is 2.33. The van der Waals surface area contributed by atoms with Crippen LogP contribution in [0.2, 0.25) is 0 Å². The molecule has 1 aromatic heterocycles. The smallest absolute Gasteiger partial charge is 0.327 e. The number of nitrogens with zero attached hydrogens (tertiary/aromatic N) is 1. The predicted octanol–water partition coefficient (Wildman–Crippen LogP) is 1.31. The van der Waals surface area contributed by atoms with Gasteiger partial charge in [0, 0.05) is 6.92 Å². The number of oxazole rings is 1. The summed E-state index contributed by atoms with van der Waals surface area (Å²) in [6.07, 6.45) is 0. The van der Waals surface area contributed by atoms with Gasteiger partial charge in [0.05, 0.1) is 7.11 Å². The minimum absolute atomic E-state index is 0.476. The SMILES string of the molecule is COC(=O)C(N)c1ccc2nc(C)oc2c1. The van der Waals surface area contributed by atoms with E-state index < -0.39 is 12.0 Å². The number of hydrogen-bond donors (Lipinski definition) is 1. The van der Waals surface area contributed by atoms with Gasteiger partial charge in [-0.2, -0.15) is 0 Å². The number of ether oxygens (including phenoxy) is 1. The summed E-state index contributed by atoms with van der Waals surface area (Å²) in [6, 6.07) is 4.42. The molecule has 5 nitrogen and oxygen atoms in total. The first kappa shape index (κ1) is 10.6. The molecular formula is C11H12N2O3. The van der Waals surface area contributed by atoms with E-state index in [1.165, 1.54) is 7.11 Å². The highest BCUT2D eigenvalue weighted by molar-refractivity contribution is 5.80. The zero-order chi connectivity index (χ0) is 11.7. The molecule has 0 aliphatic heterocycles. The summed E-state index contributed by atoms with van der Waals surface area (Å²) in [6.45, 7) is 1.76. The molecule has 0 bridgehead atoms. The van der Waals surface area contributed by atoms with Crippen LogP contribution in [0.4, 0.5) is 0 Å². The predicted molar refractivity (Wildman–Crippen MR) is 57.7 cm³/mol. The van der Waals surface area contributed by atoms with E-state index in [9.17, 15) is 4.79 Å². The maximum absolute atomic E-state index is 11.3. The van der Waals surface area contributed by atoms with E-state index in [0.29, 0.717) is 17.0 Å². The van der Waals surface area contributed by atoms with Crippen molar-refractivity contribution in [1.82, 2.24) is 4.98 Å². The lowest BCUT2D eigenvalue weighted by molar-refractivity contribution is -0.142. The summed E-state index contributed by atoms with van der Waals surface area (Å²) < 4.78 is 9.93. The van der Waals surface area contributed by atoms with Gasteiger partial charge in [-0.3, -0.25) is 4.79 Å². The normalized spacial score (nSPS) is 12.7. The van der Waals surface area contributed by atoms with Gasteiger partial charge in [-0.25, -0.2) is 4.98 Å². The van der Waals surface area contributed by atoms with Crippen LogP contribution in [0.3, 0.4) is 0 Å². The van der Waals surface area contributed by atoms with Gasteiger partial charge in [-0.15, -0.1) is 0 Å². The zero-order valence-corrected chi connectivity index (χ0v) is 9.06. The molecule has 1 unspecified atom stereocenters. The molecule has 16 heavy (non-hydrogen) atoms. The molecule has 2 aromatic rings. The Morgan fingerprint density at radius 2 is 2.31 bits per heavy atom. The Morgan fingerprint density at radius 3 is 3.00 bits per heavy atom. The zero-order valence-electron chi connectivity index (χ0n) is 9.06. The van der Waals surface area contributed by atoms with Gasteiger partial charge >= 0.3 is 5.97 Å². The maximum Gasteiger partial charge on any atom is 0.327 e. The molecule has 0 aliphatic rings. The Morgan fingerprint density at radius 1 is 1.56 bits per heavy atom. The lowest BCUT2D eigenvalue weighted by Crippen LogP contribution is -2.22. The van der Waals surface area contributed by atoms with Gasteiger partial charge in [0.15, 0.2) is 11.5 Å². The Bertz CT molecular complexity index is 533. The third-order valence-corrected chi connectivity index (χ3v) is 2.33. The average molecular weight is 220 g/mol. The van der Waals surface area contributed by atoms with Crippen LogP contribution in [0, 0.1) is 6.92 Å². The fourth-order valence-corrected chi connectivity index (χ4v) is 1.51. The molecule has 1 heterocycles. The molecule has 1 aromatic carbocycles. The second-order valence-electron chi connectivity index (χ2n) is 3.46. The highest BCUT2D eigenvalue weighted by Crippen LogP contribution is 2.20. The Balaban J connectivity index is 2.42. The van der Waals surface area contributed by atoms with Crippen LogP contribution in [0.15, 0.2) is 22.6 Å². The fourth-order valence-electron chi connectivity index (χ4n) is 1.51. The number of methoxy groups -OCH3 is 1. The van der Waals surface area contributed by atoms with Gasteiger partial charge in [-0.05, 0) is 17.7 Å². The number of aromatic nitrogens is 1. The standard InChI is InChI=1S/C11H12N2O3/c1-6-13-8-4-3-7(5-9(8)16-6)10(12)11(14)15-2/h3-5,10H,12H2,1-2H3. The Hall–Kier alpha value is -1.88. The molecule has 2 N–H and O–H groups in total. The molecule has 5 heteroatoms. The minimum Gasteiger partial charge on any atom is -0.468 e. The quantitative estimate of drug-likeness (QED) is 0.772. The minimum atomic E-state index is -0.792. The number of carbonyl (C=O) groups is 1. The summed E-state index contributed by atoms with van der Waals surface area (Å²) in [4.78, 5) is 15.4. The van der Waals surface area contributed by atoms with Gasteiger partial charge < -0.3 is 14.9 Å². The highest BCUT2D eigenvalue weighted by atomic mass is 16.5. The fraction of sp³-hybridized carbons (Fsp3) is 0.273. The average Bonchev–Trinajstić information content (AvgIpc) is 2.65. The number of aryl methyl sites for hydroxylation is 1. The summed E-state index contributed by atoms with van der Waals surface area (Å²) in [5, 5.41) is 0. The second-order valence-corrected chi connectivity index (χ2v) is 3.46. The van der Waals surface area contributed by atoms with E-state index in [4.69, 9.17) is 10.2 Å². The molecule has 0 saturated carbocycles. The largest absolute Gasteiger partial charge is 0.468 e. The van der Waals surface area contributed by atoms with Gasteiger partial charge in [0.1, 0.15) is 11.6 Å². The van der Waals surface area contributed by atoms with Crippen molar-refractivity contribution in [3.8, 4) is 0 Å². The number of carbonyl (C=O) groups excluding carboxylic acids is 1. The van der Waals surface area contributed by atoms with Crippen LogP contribution in [-0.4, -0.2) is 18.1 Å². The van der Waals surface area contributed by atoms with E-state index in [2.05, 4.69) is 9.72 Å². The van der Waals surface area contributed by atoms with Crippen molar-refractivity contribution in [2.75, 3.05) is 7.11 Å². The van der Waals surface area contributed by atoms with Crippen molar-refractivity contribution in [3.05, 3.63) is 29.7 Å². The summed E-state index contributed by atoms with van der Waals surface area (Å²) in [5.74, 6) is 0.106. The van der Waals surface area contributed by atoms with E-state index in [-0.39, 0.29) is 0 Å². The van der Waals surface area contributed by atoms with Crippen LogP contribution in [0.25, 0.3) is 11.1 Å². The van der Waals surface area contributed by atoms with E-state index in [1.807, 2.05) is 0 Å². The molecule has 2 rings (SSSR count). The number of fused-ring (bicyclic) bond motifs is 1. The van der Waals surface area contributed by atoms with Crippen molar-refractivity contribution in [3.63, 3.8) is 0 Å². The molecule has 0 saturated heterocycles. The van der Waals surface area contributed by atoms with E-state index in [1.54, 1.807) is 25.1 Å². The second kappa shape index (κ2) is 3.94. The number of esters is 1. The first-order chi connectivity index (χ1) is 7.61. The molecular weight excluding hydrogens is 208 g/mol. The van der Waals surface area contributed by atoms with Crippen molar-refractivity contribution in [2.45, 2.75) is 13.0 Å². The first-order valence-corrected chi connectivity index (χ1v) is 4.82. The Kier molecular flexibility index (Phi) is 2.62. The summed E-state index contributed by atoms with van der Waals surface area (Å²) >= 11 is 0. The molecule has 0 amide bonds. The van der Waals surface area contributed by atoms with Crippen LogP contribution >= 0.6 is 0 Å². The lowest BCUT2D eigenvalue weighted by Gasteiger charge is -2.08. The molecule has 1 atom stereocenters. The molecule has 0 radical (unpaired) electrons. The van der Waals surface area contributed by atoms with Crippen molar-refractivity contribution < 1.29 is 13.9 Å². The summed E-state index contributed by atoms with van der Waals surface area (Å²) in [5.41, 5.74) is 7.73. The van der Waals surface area contributed by atoms with Crippen molar-refractivity contribution in [2.24, 2.45) is 5.73 Å². The van der Waals surface area contributed by atoms with Crippen molar-refractivity contribution >= 4 is 17.1 Å². The molecule has 0 spiro atoms. The van der Waals surface area contributed by atoms with Crippen LogP contribution < -0.4 is 5.73 Å². The number of hydrogen-bond acceptors (Lipinski definition) is 5. The van der Waals surface area contributed by atoms with Crippen LogP contribution in [0.1, 0.15) is 17.5 Å². The number of rotatable bonds is 2. The van der Waals surface area contributed by atoms with Crippen molar-refractivity contribution in [1.29, 1.82) is 0 Å². The number of benzene rings is 1. The van der Waals surface area contributed by atoms with Gasteiger partial charge in [-0.1, -0.05) is 6.07 Å². The highest BCUT2D eigenvalue weighted by Gasteiger charge is 2.17.